The molecule has 21 heavy (non-hydrogen) atoms. The van der Waals surface area contributed by atoms with Crippen LogP contribution in [0.4, 0.5) is 0 Å². The number of carbonyl (C=O) groups is 1. The van der Waals surface area contributed by atoms with Gasteiger partial charge in [-0.05, 0) is 31.4 Å². The molecule has 2 aromatic rings. The van der Waals surface area contributed by atoms with Gasteiger partial charge in [0.15, 0.2) is 0 Å². The number of rotatable bonds is 7. The lowest BCUT2D eigenvalue weighted by atomic mass is 10.1. The molecule has 2 heterocycles. The van der Waals surface area contributed by atoms with Crippen molar-refractivity contribution in [3.8, 4) is 0 Å². The van der Waals surface area contributed by atoms with Gasteiger partial charge in [0.25, 0.3) is 0 Å². The second-order valence-corrected chi connectivity index (χ2v) is 7.07. The number of aryl methyl sites for hydroxylation is 1. The SMILES string of the molecule is C[C@H](Cn1cncn1)NC(=O)CCCc1cc(Cl)sc1Cl. The summed E-state index contributed by atoms with van der Waals surface area (Å²) in [5.41, 5.74) is 1.01. The van der Waals surface area contributed by atoms with Gasteiger partial charge in [0.05, 0.1) is 15.2 Å². The Hall–Kier alpha value is -1.11. The average Bonchev–Trinajstić information content (AvgIpc) is 2.99. The highest BCUT2D eigenvalue weighted by molar-refractivity contribution is 7.20. The summed E-state index contributed by atoms with van der Waals surface area (Å²) in [5.74, 6) is 0.0278. The van der Waals surface area contributed by atoms with E-state index in [2.05, 4.69) is 15.4 Å². The van der Waals surface area contributed by atoms with Crippen LogP contribution in [0.15, 0.2) is 18.7 Å². The van der Waals surface area contributed by atoms with Gasteiger partial charge in [-0.3, -0.25) is 9.48 Å². The van der Waals surface area contributed by atoms with Crippen LogP contribution in [0, 0.1) is 0 Å². The highest BCUT2D eigenvalue weighted by atomic mass is 35.5. The maximum Gasteiger partial charge on any atom is 0.220 e. The topological polar surface area (TPSA) is 59.8 Å². The molecule has 8 heteroatoms. The van der Waals surface area contributed by atoms with Gasteiger partial charge in [0, 0.05) is 12.5 Å². The van der Waals surface area contributed by atoms with Crippen LogP contribution < -0.4 is 5.32 Å². The van der Waals surface area contributed by atoms with Crippen molar-refractivity contribution in [1.82, 2.24) is 20.1 Å². The molecule has 0 saturated carbocycles. The first-order valence-corrected chi connectivity index (χ1v) is 8.17. The van der Waals surface area contributed by atoms with Gasteiger partial charge < -0.3 is 5.32 Å². The normalized spacial score (nSPS) is 12.3. The molecule has 0 aliphatic heterocycles. The predicted molar refractivity (Wildman–Crippen MR) is 84.9 cm³/mol. The van der Waals surface area contributed by atoms with Crippen molar-refractivity contribution in [3.63, 3.8) is 0 Å². The van der Waals surface area contributed by atoms with Crippen molar-refractivity contribution in [1.29, 1.82) is 0 Å². The molecule has 0 spiro atoms. The zero-order valence-electron chi connectivity index (χ0n) is 11.6. The number of amides is 1. The van der Waals surface area contributed by atoms with E-state index in [4.69, 9.17) is 23.2 Å². The number of carbonyl (C=O) groups excluding carboxylic acids is 1. The predicted octanol–water partition coefficient (Wildman–Crippen LogP) is 3.17. The Labute approximate surface area is 137 Å². The van der Waals surface area contributed by atoms with Crippen LogP contribution in [-0.4, -0.2) is 26.7 Å². The van der Waals surface area contributed by atoms with E-state index in [0.29, 0.717) is 21.6 Å². The van der Waals surface area contributed by atoms with Gasteiger partial charge in [-0.15, -0.1) is 11.3 Å². The minimum Gasteiger partial charge on any atom is -0.352 e. The van der Waals surface area contributed by atoms with Gasteiger partial charge in [0.2, 0.25) is 5.91 Å². The molecule has 1 amide bonds. The molecule has 2 aromatic heterocycles. The van der Waals surface area contributed by atoms with Crippen LogP contribution in [0.25, 0.3) is 0 Å². The van der Waals surface area contributed by atoms with Gasteiger partial charge in [-0.2, -0.15) is 5.10 Å². The molecule has 0 saturated heterocycles. The minimum atomic E-state index is 0.0124. The number of hydrogen-bond donors (Lipinski definition) is 1. The van der Waals surface area contributed by atoms with E-state index in [1.54, 1.807) is 11.0 Å². The van der Waals surface area contributed by atoms with Gasteiger partial charge in [0.1, 0.15) is 12.7 Å². The maximum atomic E-state index is 11.8. The summed E-state index contributed by atoms with van der Waals surface area (Å²) in [6.45, 7) is 2.55. The van der Waals surface area contributed by atoms with Gasteiger partial charge in [-0.1, -0.05) is 23.2 Å². The number of halogens is 2. The average molecular weight is 347 g/mol. The van der Waals surface area contributed by atoms with Crippen LogP contribution in [0.3, 0.4) is 0 Å². The molecule has 2 rings (SSSR count). The van der Waals surface area contributed by atoms with E-state index in [-0.39, 0.29) is 11.9 Å². The molecule has 0 radical (unpaired) electrons. The Bertz CT molecular complexity index is 585. The van der Waals surface area contributed by atoms with Crippen molar-refractivity contribution in [2.45, 2.75) is 38.8 Å². The highest BCUT2D eigenvalue weighted by Crippen LogP contribution is 2.31. The summed E-state index contributed by atoms with van der Waals surface area (Å²) >= 11 is 13.3. The molecule has 114 valence electrons. The summed E-state index contributed by atoms with van der Waals surface area (Å²) in [5, 5.41) is 6.95. The first-order valence-electron chi connectivity index (χ1n) is 6.60. The molecule has 1 atom stereocenters. The van der Waals surface area contributed by atoms with Crippen LogP contribution in [0.5, 0.6) is 0 Å². The molecule has 0 unspecified atom stereocenters. The van der Waals surface area contributed by atoms with Crippen molar-refractivity contribution < 1.29 is 4.79 Å². The van der Waals surface area contributed by atoms with Gasteiger partial charge in [-0.25, -0.2) is 4.98 Å². The third-order valence-corrected chi connectivity index (χ3v) is 4.48. The summed E-state index contributed by atoms with van der Waals surface area (Å²) < 4.78 is 3.08. The van der Waals surface area contributed by atoms with Crippen molar-refractivity contribution >= 4 is 40.4 Å². The van der Waals surface area contributed by atoms with Crippen LogP contribution in [0.2, 0.25) is 8.67 Å². The second kappa shape index (κ2) is 7.77. The Morgan fingerprint density at radius 1 is 1.52 bits per heavy atom. The van der Waals surface area contributed by atoms with Crippen LogP contribution in [0.1, 0.15) is 25.3 Å². The largest absolute Gasteiger partial charge is 0.352 e. The minimum absolute atomic E-state index is 0.0124. The van der Waals surface area contributed by atoms with E-state index >= 15 is 0 Å². The molecule has 0 fully saturated rings. The van der Waals surface area contributed by atoms with Crippen molar-refractivity contribution in [2.24, 2.45) is 0 Å². The third kappa shape index (κ3) is 5.30. The Morgan fingerprint density at radius 2 is 2.33 bits per heavy atom. The zero-order valence-corrected chi connectivity index (χ0v) is 13.9. The lowest BCUT2D eigenvalue weighted by molar-refractivity contribution is -0.121. The van der Waals surface area contributed by atoms with Crippen LogP contribution in [-0.2, 0) is 17.8 Å². The van der Waals surface area contributed by atoms with Gasteiger partial charge >= 0.3 is 0 Å². The summed E-state index contributed by atoms with van der Waals surface area (Å²) in [7, 11) is 0. The number of aromatic nitrogens is 3. The molecule has 5 nitrogen and oxygen atoms in total. The number of hydrogen-bond acceptors (Lipinski definition) is 4. The quantitative estimate of drug-likeness (QED) is 0.837. The molecule has 0 aliphatic rings. The first kappa shape index (κ1) is 16.3. The summed E-state index contributed by atoms with van der Waals surface area (Å²) in [4.78, 5) is 15.7. The number of nitrogens with zero attached hydrogens (tertiary/aromatic N) is 3. The van der Waals surface area contributed by atoms with E-state index < -0.39 is 0 Å². The fourth-order valence-corrected chi connectivity index (χ4v) is 3.53. The van der Waals surface area contributed by atoms with E-state index in [1.807, 2.05) is 13.0 Å². The number of nitrogens with one attached hydrogen (secondary N) is 1. The Morgan fingerprint density at radius 3 is 2.95 bits per heavy atom. The maximum absolute atomic E-state index is 11.8. The van der Waals surface area contributed by atoms with Crippen molar-refractivity contribution in [3.05, 3.63) is 33.0 Å². The monoisotopic (exact) mass is 346 g/mol. The Kier molecular flexibility index (Phi) is 6.02. The lowest BCUT2D eigenvalue weighted by Crippen LogP contribution is -2.35. The van der Waals surface area contributed by atoms with E-state index in [9.17, 15) is 4.79 Å². The molecule has 0 bridgehead atoms. The zero-order chi connectivity index (χ0) is 15.2. The molecule has 0 aliphatic carbocycles. The summed E-state index contributed by atoms with van der Waals surface area (Å²) in [6.07, 6.45) is 5.07. The number of thiophene rings is 1. The molecular weight excluding hydrogens is 331 g/mol. The van der Waals surface area contributed by atoms with E-state index in [1.165, 1.54) is 17.7 Å². The highest BCUT2D eigenvalue weighted by Gasteiger charge is 2.10. The Balaban J connectivity index is 1.68. The fraction of sp³-hybridized carbons (Fsp3) is 0.462. The molecule has 0 aromatic carbocycles. The van der Waals surface area contributed by atoms with Crippen LogP contribution >= 0.6 is 34.5 Å². The second-order valence-electron chi connectivity index (χ2n) is 4.79. The van der Waals surface area contributed by atoms with E-state index in [0.717, 1.165) is 18.4 Å². The molecule has 1 N–H and O–H groups in total. The molecular formula is C13H16Cl2N4OS. The fourth-order valence-electron chi connectivity index (χ4n) is 1.98. The third-order valence-electron chi connectivity index (χ3n) is 2.91. The first-order chi connectivity index (χ1) is 10.0. The lowest BCUT2D eigenvalue weighted by Gasteiger charge is -2.13. The standard InChI is InChI=1S/C13H16Cl2N4OS/c1-9(6-19-8-16-7-17-19)18-12(20)4-2-3-10-5-11(14)21-13(10)15/h5,7-9H,2-4,6H2,1H3,(H,18,20)/t9-/m1/s1. The van der Waals surface area contributed by atoms with Crippen molar-refractivity contribution in [2.75, 3.05) is 0 Å². The smallest absolute Gasteiger partial charge is 0.220 e. The summed E-state index contributed by atoms with van der Waals surface area (Å²) in [6, 6.07) is 1.87.